The van der Waals surface area contributed by atoms with Gasteiger partial charge < -0.3 is 37.0 Å². The molecule has 0 aromatic rings. The molecule has 29 heavy (non-hydrogen) atoms. The average Bonchev–Trinajstić information content (AvgIpc) is 2.65. The second-order valence-corrected chi connectivity index (χ2v) is 7.45. The molecule has 6 atom stereocenters. The minimum atomic E-state index is -1.49. The first-order chi connectivity index (χ1) is 13.4. The third-order valence-electron chi connectivity index (χ3n) is 4.68. The van der Waals surface area contributed by atoms with Crippen LogP contribution in [0.3, 0.4) is 0 Å². The lowest BCUT2D eigenvalue weighted by Crippen LogP contribution is -2.61. The largest absolute Gasteiger partial charge is 0.480 e. The lowest BCUT2D eigenvalue weighted by Gasteiger charge is -2.27. The number of amides is 3. The molecule has 6 unspecified atom stereocenters. The molecule has 11 nitrogen and oxygen atoms in total. The maximum Gasteiger partial charge on any atom is 0.326 e. The van der Waals surface area contributed by atoms with Gasteiger partial charge in [0.15, 0.2) is 0 Å². The molecule has 0 aromatic heterocycles. The fraction of sp³-hybridized carbons (Fsp3) is 0.778. The Kier molecular flexibility index (Phi) is 11.4. The molecule has 0 saturated heterocycles. The number of carboxylic acid groups (broad SMARTS) is 1. The zero-order chi connectivity index (χ0) is 22.9. The Hall–Kier alpha value is -2.24. The third kappa shape index (κ3) is 8.34. The summed E-state index contributed by atoms with van der Waals surface area (Å²) in [6.07, 6.45) is -0.879. The zero-order valence-electron chi connectivity index (χ0n) is 17.5. The summed E-state index contributed by atoms with van der Waals surface area (Å²) in [6.45, 7) is 7.30. The summed E-state index contributed by atoms with van der Waals surface area (Å²) in [6, 6.07) is -4.99. The number of carbonyl (C=O) groups excluding carboxylic acids is 3. The molecule has 0 radical (unpaired) electrons. The Morgan fingerprint density at radius 1 is 0.897 bits per heavy atom. The normalized spacial score (nSPS) is 17.4. The quantitative estimate of drug-likeness (QED) is 0.188. The van der Waals surface area contributed by atoms with Gasteiger partial charge in [-0.25, -0.2) is 4.79 Å². The summed E-state index contributed by atoms with van der Waals surface area (Å²) < 4.78 is 0. The molecule has 0 heterocycles. The van der Waals surface area contributed by atoms with Crippen molar-refractivity contribution in [1.29, 1.82) is 0 Å². The highest BCUT2D eigenvalue weighted by Crippen LogP contribution is 2.09. The number of aliphatic hydroxyl groups is 2. The first-order valence-corrected chi connectivity index (χ1v) is 9.55. The van der Waals surface area contributed by atoms with Crippen LogP contribution in [0, 0.1) is 11.8 Å². The Bertz CT molecular complexity index is 583. The van der Waals surface area contributed by atoms with E-state index in [1.807, 2.05) is 0 Å². The van der Waals surface area contributed by atoms with Crippen LogP contribution in [-0.4, -0.2) is 75.9 Å². The number of nitrogens with two attached hydrogens (primary N) is 1. The number of carboxylic acids is 1. The Balaban J connectivity index is 5.25. The van der Waals surface area contributed by atoms with Gasteiger partial charge in [0.05, 0.1) is 18.8 Å². The van der Waals surface area contributed by atoms with E-state index < -0.39 is 60.6 Å². The van der Waals surface area contributed by atoms with Gasteiger partial charge in [-0.15, -0.1) is 0 Å². The number of aliphatic carboxylic acids is 1. The van der Waals surface area contributed by atoms with Crippen LogP contribution in [0.5, 0.6) is 0 Å². The van der Waals surface area contributed by atoms with Crippen LogP contribution in [-0.2, 0) is 19.2 Å². The zero-order valence-corrected chi connectivity index (χ0v) is 17.5. The summed E-state index contributed by atoms with van der Waals surface area (Å²) in [7, 11) is 0. The molecule has 0 aliphatic rings. The molecule has 0 saturated carbocycles. The first-order valence-electron chi connectivity index (χ1n) is 9.55. The molecule has 168 valence electrons. The predicted molar refractivity (Wildman–Crippen MR) is 104 cm³/mol. The van der Waals surface area contributed by atoms with E-state index in [0.29, 0.717) is 6.42 Å². The molecule has 0 aliphatic heterocycles. The standard InChI is InChI=1S/C18H34N4O7/c1-6-9(4)13(18(28)29)21-17(27)14(10(5)24)22-15(25)11(7-23)20-16(26)12(19)8(2)3/h8-14,23-24H,6-7,19H2,1-5H3,(H,20,26)(H,21,27)(H,22,25)(H,28,29). The lowest BCUT2D eigenvalue weighted by molar-refractivity contribution is -0.144. The highest BCUT2D eigenvalue weighted by atomic mass is 16.4. The number of carbonyl (C=O) groups is 4. The monoisotopic (exact) mass is 418 g/mol. The van der Waals surface area contributed by atoms with E-state index in [1.165, 1.54) is 6.92 Å². The van der Waals surface area contributed by atoms with Crippen LogP contribution in [0.15, 0.2) is 0 Å². The van der Waals surface area contributed by atoms with E-state index in [4.69, 9.17) is 5.73 Å². The van der Waals surface area contributed by atoms with Crippen molar-refractivity contribution in [2.45, 2.75) is 71.3 Å². The maximum absolute atomic E-state index is 12.5. The van der Waals surface area contributed by atoms with Gasteiger partial charge in [0.2, 0.25) is 17.7 Å². The van der Waals surface area contributed by atoms with Crippen molar-refractivity contribution in [1.82, 2.24) is 16.0 Å². The van der Waals surface area contributed by atoms with E-state index in [0.717, 1.165) is 0 Å². The highest BCUT2D eigenvalue weighted by molar-refractivity contribution is 5.94. The van der Waals surface area contributed by atoms with E-state index in [1.54, 1.807) is 27.7 Å². The van der Waals surface area contributed by atoms with Crippen molar-refractivity contribution in [3.8, 4) is 0 Å². The van der Waals surface area contributed by atoms with Gasteiger partial charge in [0, 0.05) is 0 Å². The van der Waals surface area contributed by atoms with Gasteiger partial charge >= 0.3 is 5.97 Å². The summed E-state index contributed by atoms with van der Waals surface area (Å²) in [5.41, 5.74) is 5.70. The van der Waals surface area contributed by atoms with Gasteiger partial charge in [-0.2, -0.15) is 0 Å². The van der Waals surface area contributed by atoms with E-state index in [9.17, 15) is 34.5 Å². The Labute approximate surface area is 170 Å². The topological polar surface area (TPSA) is 191 Å². The van der Waals surface area contributed by atoms with Gasteiger partial charge in [-0.3, -0.25) is 14.4 Å². The second kappa shape index (κ2) is 12.3. The van der Waals surface area contributed by atoms with Crippen molar-refractivity contribution in [3.05, 3.63) is 0 Å². The van der Waals surface area contributed by atoms with Crippen LogP contribution in [0.2, 0.25) is 0 Å². The smallest absolute Gasteiger partial charge is 0.326 e. The van der Waals surface area contributed by atoms with Gasteiger partial charge in [0.1, 0.15) is 18.1 Å². The number of rotatable bonds is 12. The van der Waals surface area contributed by atoms with Crippen molar-refractivity contribution in [2.75, 3.05) is 6.61 Å². The molecule has 0 rings (SSSR count). The number of hydrogen-bond donors (Lipinski definition) is 7. The molecule has 0 aromatic carbocycles. The fourth-order valence-electron chi connectivity index (χ4n) is 2.35. The number of nitrogens with one attached hydrogen (secondary N) is 3. The van der Waals surface area contributed by atoms with Crippen molar-refractivity contribution in [2.24, 2.45) is 17.6 Å². The minimum absolute atomic E-state index is 0.207. The predicted octanol–water partition coefficient (Wildman–Crippen LogP) is -2.07. The Morgan fingerprint density at radius 3 is 1.79 bits per heavy atom. The minimum Gasteiger partial charge on any atom is -0.480 e. The molecule has 8 N–H and O–H groups in total. The molecule has 0 aliphatic carbocycles. The second-order valence-electron chi connectivity index (χ2n) is 7.45. The highest BCUT2D eigenvalue weighted by Gasteiger charge is 2.34. The van der Waals surface area contributed by atoms with Crippen LogP contribution in [0.25, 0.3) is 0 Å². The summed E-state index contributed by atoms with van der Waals surface area (Å²) >= 11 is 0. The van der Waals surface area contributed by atoms with E-state index in [2.05, 4.69) is 16.0 Å². The summed E-state index contributed by atoms with van der Waals surface area (Å²) in [5.74, 6) is -4.32. The third-order valence-corrected chi connectivity index (χ3v) is 4.68. The molecular formula is C18H34N4O7. The van der Waals surface area contributed by atoms with Crippen LogP contribution < -0.4 is 21.7 Å². The molecule has 0 spiro atoms. The van der Waals surface area contributed by atoms with Crippen LogP contribution >= 0.6 is 0 Å². The molecule has 0 fully saturated rings. The van der Waals surface area contributed by atoms with Crippen molar-refractivity contribution in [3.63, 3.8) is 0 Å². The number of hydrogen-bond acceptors (Lipinski definition) is 7. The maximum atomic E-state index is 12.5. The van der Waals surface area contributed by atoms with Gasteiger partial charge in [-0.1, -0.05) is 34.1 Å². The SMILES string of the molecule is CCC(C)C(NC(=O)C(NC(=O)C(CO)NC(=O)C(N)C(C)C)C(C)O)C(=O)O. The van der Waals surface area contributed by atoms with Crippen LogP contribution in [0.1, 0.15) is 41.0 Å². The average molecular weight is 418 g/mol. The fourth-order valence-corrected chi connectivity index (χ4v) is 2.35. The van der Waals surface area contributed by atoms with Crippen molar-refractivity contribution < 1.29 is 34.5 Å². The van der Waals surface area contributed by atoms with Crippen LogP contribution in [0.4, 0.5) is 0 Å². The Morgan fingerprint density at radius 2 is 1.41 bits per heavy atom. The van der Waals surface area contributed by atoms with E-state index in [-0.39, 0.29) is 11.8 Å². The lowest BCUT2D eigenvalue weighted by atomic mass is 9.98. The molecule has 0 bridgehead atoms. The first kappa shape index (κ1) is 26.8. The molecule has 11 heteroatoms. The molecule has 3 amide bonds. The molecular weight excluding hydrogens is 384 g/mol. The van der Waals surface area contributed by atoms with Crippen molar-refractivity contribution >= 4 is 23.7 Å². The van der Waals surface area contributed by atoms with Gasteiger partial charge in [-0.05, 0) is 18.8 Å². The summed E-state index contributed by atoms with van der Waals surface area (Å²) in [5, 5.41) is 35.4. The number of aliphatic hydroxyl groups excluding tert-OH is 2. The summed E-state index contributed by atoms with van der Waals surface area (Å²) in [4.78, 5) is 48.3. The van der Waals surface area contributed by atoms with Gasteiger partial charge in [0.25, 0.3) is 0 Å². The van der Waals surface area contributed by atoms with E-state index >= 15 is 0 Å².